The first-order valence-electron chi connectivity index (χ1n) is 3.16. The summed E-state index contributed by atoms with van der Waals surface area (Å²) in [5.74, 6) is 0. The molecule has 0 aromatic rings. The van der Waals surface area contributed by atoms with Gasteiger partial charge in [0.25, 0.3) is 0 Å². The van der Waals surface area contributed by atoms with E-state index in [9.17, 15) is 4.21 Å². The molecule has 0 aromatic heterocycles. The second-order valence-corrected chi connectivity index (χ2v) is 2.38. The zero-order chi connectivity index (χ0) is 7.82. The molecule has 0 bridgehead atoms. The summed E-state index contributed by atoms with van der Waals surface area (Å²) in [6.45, 7) is 2.33. The Morgan fingerprint density at radius 3 is 2.80 bits per heavy atom. The highest BCUT2D eigenvalue weighted by Gasteiger charge is 1.88. The highest BCUT2D eigenvalue weighted by atomic mass is 32.2. The van der Waals surface area contributed by atoms with Gasteiger partial charge in [0.05, 0.1) is 6.61 Å². The molecule has 0 saturated carbocycles. The van der Waals surface area contributed by atoms with Gasteiger partial charge in [-0.25, -0.2) is 0 Å². The third kappa shape index (κ3) is 7.81. The maximum Gasteiger partial charge on any atom is 0.301 e. The summed E-state index contributed by atoms with van der Waals surface area (Å²) < 4.78 is 22.4. The van der Waals surface area contributed by atoms with Crippen LogP contribution in [0.2, 0.25) is 0 Å². The maximum absolute atomic E-state index is 9.90. The van der Waals surface area contributed by atoms with Gasteiger partial charge < -0.3 is 0 Å². The average molecular weight is 164 g/mol. The molecule has 0 aliphatic heterocycles. The van der Waals surface area contributed by atoms with E-state index in [2.05, 4.69) is 4.18 Å². The van der Waals surface area contributed by atoms with Crippen LogP contribution >= 0.6 is 0 Å². The topological polar surface area (TPSA) is 46.5 Å². The van der Waals surface area contributed by atoms with Crippen LogP contribution in [-0.4, -0.2) is 15.4 Å². The van der Waals surface area contributed by atoms with Crippen molar-refractivity contribution in [3.8, 4) is 0 Å². The van der Waals surface area contributed by atoms with Crippen molar-refractivity contribution in [1.29, 1.82) is 0 Å². The first-order chi connectivity index (χ1) is 4.77. The largest absolute Gasteiger partial charge is 0.301 e. The molecule has 0 amide bonds. The third-order valence-electron chi connectivity index (χ3n) is 0.871. The minimum atomic E-state index is -2.10. The molecule has 0 saturated heterocycles. The molecule has 4 heteroatoms. The third-order valence-corrected chi connectivity index (χ3v) is 1.24. The molecule has 0 radical (unpaired) electrons. The Kier molecular flexibility index (Phi) is 6.79. The van der Waals surface area contributed by atoms with Crippen molar-refractivity contribution >= 4 is 11.4 Å². The van der Waals surface area contributed by atoms with Gasteiger partial charge >= 0.3 is 11.4 Å². The minimum Gasteiger partial charge on any atom is -0.284 e. The zero-order valence-corrected chi connectivity index (χ0v) is 6.76. The summed E-state index contributed by atoms with van der Waals surface area (Å²) in [6.07, 6.45) is 5.60. The standard InChI is InChI=1S/C6H12O3S/c1-2-3-4-5-6-9-10(7)8/h3-4H,2,5-6H2,1H3,(H,7,8). The van der Waals surface area contributed by atoms with Gasteiger partial charge in [-0.15, -0.1) is 0 Å². The van der Waals surface area contributed by atoms with Crippen LogP contribution in [-0.2, 0) is 15.5 Å². The summed E-state index contributed by atoms with van der Waals surface area (Å²) in [5, 5.41) is 0. The molecule has 0 heterocycles. The Balaban J connectivity index is 3.05. The average Bonchev–Trinajstić information content (AvgIpc) is 1.87. The quantitative estimate of drug-likeness (QED) is 0.380. The molecule has 0 aliphatic rings. The number of hydrogen-bond donors (Lipinski definition) is 1. The van der Waals surface area contributed by atoms with Crippen molar-refractivity contribution < 1.29 is 12.9 Å². The van der Waals surface area contributed by atoms with E-state index in [1.165, 1.54) is 0 Å². The van der Waals surface area contributed by atoms with E-state index in [-0.39, 0.29) is 0 Å². The van der Waals surface area contributed by atoms with Gasteiger partial charge in [0.1, 0.15) is 0 Å². The smallest absolute Gasteiger partial charge is 0.284 e. The number of hydrogen-bond acceptors (Lipinski definition) is 2. The molecule has 0 rings (SSSR count). The highest BCUT2D eigenvalue weighted by Crippen LogP contribution is 1.88. The molecule has 1 N–H and O–H groups in total. The van der Waals surface area contributed by atoms with Gasteiger partial charge in [-0.05, 0) is 12.8 Å². The molecule has 3 nitrogen and oxygen atoms in total. The van der Waals surface area contributed by atoms with Gasteiger partial charge in [-0.2, -0.15) is 4.21 Å². The van der Waals surface area contributed by atoms with Crippen LogP contribution in [0.5, 0.6) is 0 Å². The molecule has 10 heavy (non-hydrogen) atoms. The van der Waals surface area contributed by atoms with E-state index in [0.29, 0.717) is 13.0 Å². The van der Waals surface area contributed by atoms with Crippen LogP contribution in [0.1, 0.15) is 19.8 Å². The lowest BCUT2D eigenvalue weighted by atomic mass is 10.3. The minimum absolute atomic E-state index is 0.305. The van der Waals surface area contributed by atoms with Gasteiger partial charge in [0.2, 0.25) is 0 Å². The summed E-state index contributed by atoms with van der Waals surface area (Å²) in [5.41, 5.74) is 0. The zero-order valence-electron chi connectivity index (χ0n) is 5.95. The Hall–Kier alpha value is -0.190. The van der Waals surface area contributed by atoms with E-state index in [4.69, 9.17) is 4.55 Å². The predicted octanol–water partition coefficient (Wildman–Crippen LogP) is 1.50. The Labute approximate surface area is 63.6 Å². The molecule has 0 spiro atoms. The first kappa shape index (κ1) is 9.81. The highest BCUT2D eigenvalue weighted by molar-refractivity contribution is 7.74. The maximum atomic E-state index is 9.90. The molecule has 0 aromatic carbocycles. The van der Waals surface area contributed by atoms with Gasteiger partial charge in [0.15, 0.2) is 0 Å². The lowest BCUT2D eigenvalue weighted by molar-refractivity contribution is 0.313. The van der Waals surface area contributed by atoms with E-state index in [1.807, 2.05) is 19.1 Å². The number of rotatable bonds is 5. The van der Waals surface area contributed by atoms with E-state index in [0.717, 1.165) is 6.42 Å². The van der Waals surface area contributed by atoms with Crippen LogP contribution in [0.25, 0.3) is 0 Å². The van der Waals surface area contributed by atoms with Crippen LogP contribution in [0, 0.1) is 0 Å². The first-order valence-corrected chi connectivity index (χ1v) is 4.19. The van der Waals surface area contributed by atoms with Gasteiger partial charge in [-0.1, -0.05) is 19.1 Å². The lowest BCUT2D eigenvalue weighted by Gasteiger charge is -1.91. The van der Waals surface area contributed by atoms with Crippen molar-refractivity contribution in [3.05, 3.63) is 12.2 Å². The fourth-order valence-electron chi connectivity index (χ4n) is 0.472. The Morgan fingerprint density at radius 1 is 1.60 bits per heavy atom. The van der Waals surface area contributed by atoms with Crippen LogP contribution in [0.3, 0.4) is 0 Å². The Morgan fingerprint density at radius 2 is 2.30 bits per heavy atom. The van der Waals surface area contributed by atoms with Crippen LogP contribution < -0.4 is 0 Å². The normalized spacial score (nSPS) is 14.2. The monoisotopic (exact) mass is 164 g/mol. The van der Waals surface area contributed by atoms with Crippen molar-refractivity contribution in [3.63, 3.8) is 0 Å². The molecule has 60 valence electrons. The van der Waals surface area contributed by atoms with E-state index < -0.39 is 11.4 Å². The van der Waals surface area contributed by atoms with Crippen molar-refractivity contribution in [2.75, 3.05) is 6.61 Å². The van der Waals surface area contributed by atoms with Gasteiger partial charge in [0, 0.05) is 0 Å². The van der Waals surface area contributed by atoms with Crippen LogP contribution in [0.15, 0.2) is 12.2 Å². The fourth-order valence-corrected chi connectivity index (χ4v) is 0.711. The van der Waals surface area contributed by atoms with Crippen molar-refractivity contribution in [2.45, 2.75) is 19.8 Å². The molecule has 1 atom stereocenters. The second-order valence-electron chi connectivity index (χ2n) is 1.71. The molecule has 0 aliphatic carbocycles. The van der Waals surface area contributed by atoms with Gasteiger partial charge in [-0.3, -0.25) is 8.74 Å². The summed E-state index contributed by atoms with van der Waals surface area (Å²) in [7, 11) is 0. The summed E-state index contributed by atoms with van der Waals surface area (Å²) >= 11 is -2.10. The number of allylic oxidation sites excluding steroid dienone is 1. The summed E-state index contributed by atoms with van der Waals surface area (Å²) in [4.78, 5) is 0. The molecule has 0 fully saturated rings. The predicted molar refractivity (Wildman–Crippen MR) is 40.8 cm³/mol. The lowest BCUT2D eigenvalue weighted by Crippen LogP contribution is -1.95. The van der Waals surface area contributed by atoms with E-state index in [1.54, 1.807) is 0 Å². The van der Waals surface area contributed by atoms with Crippen LogP contribution in [0.4, 0.5) is 0 Å². The molecular formula is C6H12O3S. The summed E-state index contributed by atoms with van der Waals surface area (Å²) in [6, 6.07) is 0. The van der Waals surface area contributed by atoms with Crippen molar-refractivity contribution in [1.82, 2.24) is 0 Å². The molecular weight excluding hydrogens is 152 g/mol. The van der Waals surface area contributed by atoms with E-state index >= 15 is 0 Å². The fraction of sp³-hybridized carbons (Fsp3) is 0.667. The SMILES string of the molecule is CCC=CCCOS(=O)O. The molecule has 1 unspecified atom stereocenters. The van der Waals surface area contributed by atoms with Crippen molar-refractivity contribution in [2.24, 2.45) is 0 Å². The second kappa shape index (κ2) is 6.92. The Bertz CT molecular complexity index is 122.